The number of methoxy groups -OCH3 is 1. The fourth-order valence-electron chi connectivity index (χ4n) is 2.21. The molecule has 0 spiro atoms. The molecule has 0 fully saturated rings. The molecule has 0 N–H and O–H groups in total. The van der Waals surface area contributed by atoms with Crippen molar-refractivity contribution >= 4 is 22.9 Å². The third kappa shape index (κ3) is 2.99. The third-order valence-corrected chi connectivity index (χ3v) is 3.65. The molecule has 104 valence electrons. The number of nitrogens with zero attached hydrogens (tertiary/aromatic N) is 1. The lowest BCUT2D eigenvalue weighted by molar-refractivity contribution is 0.414. The minimum absolute atomic E-state index is 0.788. The molecule has 0 radical (unpaired) electrons. The van der Waals surface area contributed by atoms with Crippen molar-refractivity contribution in [2.24, 2.45) is 0 Å². The molecule has 0 aliphatic carbocycles. The van der Waals surface area contributed by atoms with Gasteiger partial charge in [-0.3, -0.25) is 0 Å². The molecule has 0 aliphatic heterocycles. The van der Waals surface area contributed by atoms with Crippen molar-refractivity contribution in [1.82, 2.24) is 0 Å². The zero-order valence-electron chi connectivity index (χ0n) is 12.1. The summed E-state index contributed by atoms with van der Waals surface area (Å²) in [5.41, 5.74) is 3.29. The summed E-state index contributed by atoms with van der Waals surface area (Å²) in [4.78, 5) is 2.91. The Morgan fingerprint density at radius 1 is 1.15 bits per heavy atom. The highest BCUT2D eigenvalue weighted by Crippen LogP contribution is 2.24. The van der Waals surface area contributed by atoms with Crippen LogP contribution < -0.4 is 9.64 Å². The zero-order valence-corrected chi connectivity index (χ0v) is 12.9. The Labute approximate surface area is 126 Å². The molecular formula is C17H19NOS. The summed E-state index contributed by atoms with van der Waals surface area (Å²) in [5, 5.41) is 0. The van der Waals surface area contributed by atoms with Gasteiger partial charge in [-0.2, -0.15) is 0 Å². The van der Waals surface area contributed by atoms with Crippen LogP contribution in [0.3, 0.4) is 0 Å². The average molecular weight is 285 g/mol. The normalized spacial score (nSPS) is 10.2. The molecule has 0 bridgehead atoms. The highest BCUT2D eigenvalue weighted by molar-refractivity contribution is 7.81. The lowest BCUT2D eigenvalue weighted by Gasteiger charge is -2.25. The molecule has 2 nitrogen and oxygen atoms in total. The van der Waals surface area contributed by atoms with Crippen molar-refractivity contribution in [3.63, 3.8) is 0 Å². The molecule has 0 amide bonds. The number of thiocarbonyl (C=S) groups is 1. The SMILES string of the molecule is CCN(C(=S)c1ccccc1OC)c1cccc(C)c1. The first-order valence-corrected chi connectivity index (χ1v) is 7.09. The standard InChI is InChI=1S/C17H19NOS/c1-4-18(14-9-7-8-13(2)12-14)17(20)15-10-5-6-11-16(15)19-3/h5-12H,4H2,1-3H3. The second kappa shape index (κ2) is 6.53. The molecule has 0 heterocycles. The predicted molar refractivity (Wildman–Crippen MR) is 88.9 cm³/mol. The van der Waals surface area contributed by atoms with Crippen molar-refractivity contribution in [3.8, 4) is 5.75 Å². The van der Waals surface area contributed by atoms with Crippen LogP contribution >= 0.6 is 12.2 Å². The van der Waals surface area contributed by atoms with Gasteiger partial charge in [-0.15, -0.1) is 0 Å². The summed E-state index contributed by atoms with van der Waals surface area (Å²) in [6, 6.07) is 16.2. The van der Waals surface area contributed by atoms with E-state index in [2.05, 4.69) is 43.0 Å². The van der Waals surface area contributed by atoms with E-state index >= 15 is 0 Å². The van der Waals surface area contributed by atoms with Gasteiger partial charge in [0.1, 0.15) is 10.7 Å². The van der Waals surface area contributed by atoms with Gasteiger partial charge in [-0.1, -0.05) is 36.5 Å². The fourth-order valence-corrected chi connectivity index (χ4v) is 2.61. The lowest BCUT2D eigenvalue weighted by Crippen LogP contribution is -2.30. The first kappa shape index (κ1) is 14.5. The molecule has 2 aromatic carbocycles. The van der Waals surface area contributed by atoms with Crippen molar-refractivity contribution in [1.29, 1.82) is 0 Å². The Kier molecular flexibility index (Phi) is 4.74. The second-order valence-electron chi connectivity index (χ2n) is 4.59. The van der Waals surface area contributed by atoms with E-state index in [0.717, 1.165) is 28.5 Å². The average Bonchev–Trinajstić information content (AvgIpc) is 2.48. The zero-order chi connectivity index (χ0) is 14.5. The topological polar surface area (TPSA) is 12.5 Å². The predicted octanol–water partition coefficient (Wildman–Crippen LogP) is 4.21. The first-order valence-electron chi connectivity index (χ1n) is 6.69. The summed E-state index contributed by atoms with van der Waals surface area (Å²) < 4.78 is 5.41. The summed E-state index contributed by atoms with van der Waals surface area (Å²) in [6.07, 6.45) is 0. The highest BCUT2D eigenvalue weighted by atomic mass is 32.1. The van der Waals surface area contributed by atoms with Gasteiger partial charge in [0, 0.05) is 12.2 Å². The molecule has 3 heteroatoms. The molecule has 0 saturated heterocycles. The van der Waals surface area contributed by atoms with E-state index in [0.29, 0.717) is 0 Å². The molecule has 2 rings (SSSR count). The summed E-state index contributed by atoms with van der Waals surface area (Å²) >= 11 is 5.67. The van der Waals surface area contributed by atoms with E-state index < -0.39 is 0 Å². The van der Waals surface area contributed by atoms with Crippen LogP contribution in [-0.2, 0) is 0 Å². The quantitative estimate of drug-likeness (QED) is 0.781. The molecule has 0 aliphatic rings. The fraction of sp³-hybridized carbons (Fsp3) is 0.235. The number of benzene rings is 2. The van der Waals surface area contributed by atoms with Crippen LogP contribution in [0.4, 0.5) is 5.69 Å². The number of para-hydroxylation sites is 1. The second-order valence-corrected chi connectivity index (χ2v) is 4.98. The maximum absolute atomic E-state index is 5.67. The number of anilines is 1. The van der Waals surface area contributed by atoms with Crippen LogP contribution in [0.25, 0.3) is 0 Å². The maximum Gasteiger partial charge on any atom is 0.129 e. The van der Waals surface area contributed by atoms with Crippen LogP contribution in [0.15, 0.2) is 48.5 Å². The minimum Gasteiger partial charge on any atom is -0.496 e. The Morgan fingerprint density at radius 2 is 1.90 bits per heavy atom. The molecule has 20 heavy (non-hydrogen) atoms. The summed E-state index contributed by atoms with van der Waals surface area (Å²) in [5.74, 6) is 0.809. The Morgan fingerprint density at radius 3 is 2.55 bits per heavy atom. The van der Waals surface area contributed by atoms with Crippen LogP contribution in [0.5, 0.6) is 5.75 Å². The van der Waals surface area contributed by atoms with E-state index in [1.165, 1.54) is 5.56 Å². The van der Waals surface area contributed by atoms with Gasteiger partial charge >= 0.3 is 0 Å². The van der Waals surface area contributed by atoms with Gasteiger partial charge in [0.05, 0.1) is 12.7 Å². The van der Waals surface area contributed by atoms with Gasteiger partial charge in [-0.25, -0.2) is 0 Å². The van der Waals surface area contributed by atoms with E-state index in [-0.39, 0.29) is 0 Å². The Bertz CT molecular complexity index is 609. The van der Waals surface area contributed by atoms with Crippen LogP contribution in [0.2, 0.25) is 0 Å². The van der Waals surface area contributed by atoms with Gasteiger partial charge in [-0.05, 0) is 43.7 Å². The van der Waals surface area contributed by atoms with Gasteiger partial charge < -0.3 is 9.64 Å². The number of rotatable bonds is 4. The van der Waals surface area contributed by atoms with E-state index in [9.17, 15) is 0 Å². The monoisotopic (exact) mass is 285 g/mol. The third-order valence-electron chi connectivity index (χ3n) is 3.21. The largest absolute Gasteiger partial charge is 0.496 e. The Hall–Kier alpha value is -1.87. The van der Waals surface area contributed by atoms with Crippen LogP contribution in [-0.4, -0.2) is 18.6 Å². The number of hydrogen-bond acceptors (Lipinski definition) is 2. The molecule has 0 saturated carbocycles. The van der Waals surface area contributed by atoms with E-state index in [4.69, 9.17) is 17.0 Å². The lowest BCUT2D eigenvalue weighted by atomic mass is 10.1. The van der Waals surface area contributed by atoms with Crippen molar-refractivity contribution < 1.29 is 4.74 Å². The molecule has 0 unspecified atom stereocenters. The van der Waals surface area contributed by atoms with Gasteiger partial charge in [0.2, 0.25) is 0 Å². The van der Waals surface area contributed by atoms with Crippen LogP contribution in [0.1, 0.15) is 18.1 Å². The van der Waals surface area contributed by atoms with Crippen molar-refractivity contribution in [2.75, 3.05) is 18.6 Å². The smallest absolute Gasteiger partial charge is 0.129 e. The first-order chi connectivity index (χ1) is 9.67. The van der Waals surface area contributed by atoms with E-state index in [1.807, 2.05) is 24.3 Å². The molecule has 0 aromatic heterocycles. The van der Waals surface area contributed by atoms with Crippen molar-refractivity contribution in [2.45, 2.75) is 13.8 Å². The number of ether oxygens (including phenoxy) is 1. The van der Waals surface area contributed by atoms with Gasteiger partial charge in [0.25, 0.3) is 0 Å². The van der Waals surface area contributed by atoms with E-state index in [1.54, 1.807) is 7.11 Å². The summed E-state index contributed by atoms with van der Waals surface area (Å²) in [6.45, 7) is 5.01. The number of aryl methyl sites for hydroxylation is 1. The molecule has 2 aromatic rings. The van der Waals surface area contributed by atoms with Crippen LogP contribution in [0, 0.1) is 6.92 Å². The minimum atomic E-state index is 0.788. The highest BCUT2D eigenvalue weighted by Gasteiger charge is 2.15. The van der Waals surface area contributed by atoms with Gasteiger partial charge in [0.15, 0.2) is 0 Å². The molecular weight excluding hydrogens is 266 g/mol. The van der Waals surface area contributed by atoms with Crippen molar-refractivity contribution in [3.05, 3.63) is 59.7 Å². The maximum atomic E-state index is 5.67. The Balaban J connectivity index is 2.39. The molecule has 0 atom stereocenters. The number of hydrogen-bond donors (Lipinski definition) is 0. The summed E-state index contributed by atoms with van der Waals surface area (Å²) in [7, 11) is 1.67.